The van der Waals surface area contributed by atoms with Crippen molar-refractivity contribution in [3.05, 3.63) is 178 Å². The van der Waals surface area contributed by atoms with Gasteiger partial charge in [0.15, 0.2) is 0 Å². The van der Waals surface area contributed by atoms with Crippen molar-refractivity contribution in [1.82, 2.24) is 19.9 Å². The van der Waals surface area contributed by atoms with Gasteiger partial charge in [-0.25, -0.2) is 19.9 Å². The third-order valence-corrected chi connectivity index (χ3v) is 11.1. The Morgan fingerprint density at radius 1 is 0.614 bits per heavy atom. The molecule has 8 rings (SSSR count). The molecule has 2 unspecified atom stereocenters. The zero-order valence-electron chi connectivity index (χ0n) is 38.9. The molecule has 0 spiro atoms. The molecule has 4 aromatic carbocycles. The fourth-order valence-electron chi connectivity index (χ4n) is 8.13. The molecule has 0 saturated carbocycles. The number of fused-ring (bicyclic) bond motifs is 2. The van der Waals surface area contributed by atoms with E-state index in [4.69, 9.17) is 39.5 Å². The van der Waals surface area contributed by atoms with Gasteiger partial charge in [0.2, 0.25) is 0 Å². The van der Waals surface area contributed by atoms with Crippen LogP contribution in [0.3, 0.4) is 0 Å². The smallest absolute Gasteiger partial charge is 0.304 e. The molecular formula is C54H54N6O10. The number of ether oxygens (including phenoxy) is 2. The van der Waals surface area contributed by atoms with Crippen LogP contribution in [0.1, 0.15) is 94.4 Å². The molecule has 0 amide bonds. The van der Waals surface area contributed by atoms with Crippen LogP contribution in [0.2, 0.25) is 0 Å². The van der Waals surface area contributed by atoms with Gasteiger partial charge < -0.3 is 49.3 Å². The molecule has 0 aliphatic carbocycles. The Kier molecular flexibility index (Phi) is 21.0. The summed E-state index contributed by atoms with van der Waals surface area (Å²) in [5.41, 5.74) is 11.3. The summed E-state index contributed by atoms with van der Waals surface area (Å²) in [6.07, 6.45) is 7.06. The van der Waals surface area contributed by atoms with Gasteiger partial charge in [0.05, 0.1) is 35.8 Å². The summed E-state index contributed by atoms with van der Waals surface area (Å²) in [4.78, 5) is 58.6. The third kappa shape index (κ3) is 17.0. The Bertz CT molecular complexity index is 2540. The Labute approximate surface area is 406 Å². The minimum atomic E-state index is -0.856. The summed E-state index contributed by atoms with van der Waals surface area (Å²) in [6.45, 7) is 9.01. The predicted molar refractivity (Wildman–Crippen MR) is 252 cm³/mol. The van der Waals surface area contributed by atoms with Gasteiger partial charge >= 0.3 is 11.9 Å². The molecule has 4 heterocycles. The third-order valence-electron chi connectivity index (χ3n) is 11.1. The van der Waals surface area contributed by atoms with E-state index in [2.05, 4.69) is 92.1 Å². The van der Waals surface area contributed by atoms with Crippen LogP contribution >= 0.6 is 0 Å². The van der Waals surface area contributed by atoms with E-state index in [1.54, 1.807) is 26.5 Å². The summed E-state index contributed by atoms with van der Waals surface area (Å²) in [7, 11) is 0. The standard InChI is InChI=1S/2C26H25N3O3.2CH2O2/c2*1-2-4-22(12-26(30)31)21-7-9-24(10-8-21)32-17-20-6-3-5-19(11-20)14-29-15-23-13-27-18-28-25(23)16-29;2*2-1-3/h2*3,5-11,13,18,22H,12,14-17H2,1H3,(H,30,31);2*1H,(H,2,3)/t2*22-;;/m00../s1. The normalized spacial score (nSPS) is 14.4. The molecular weight excluding hydrogens is 893 g/mol. The molecule has 0 saturated heterocycles. The van der Waals surface area contributed by atoms with Gasteiger partial charge in [-0.15, -0.1) is 11.8 Å². The van der Waals surface area contributed by atoms with Gasteiger partial charge in [-0.1, -0.05) is 72.5 Å². The predicted octanol–water partition coefficient (Wildman–Crippen LogP) is 2.20. The Morgan fingerprint density at radius 3 is 1.33 bits per heavy atom. The number of benzene rings is 4. The highest BCUT2D eigenvalue weighted by Crippen LogP contribution is 2.24. The number of carbonyl (C=O) groups is 4. The topological polar surface area (TPSA) is 234 Å². The van der Waals surface area contributed by atoms with E-state index in [9.17, 15) is 9.59 Å². The molecule has 2 aliphatic rings. The highest BCUT2D eigenvalue weighted by atomic mass is 16.5. The first-order valence-corrected chi connectivity index (χ1v) is 22.3. The number of nitrogens with zero attached hydrogens (tertiary/aromatic N) is 4. The molecule has 0 fully saturated rings. The largest absolute Gasteiger partial charge is 0.554 e. The van der Waals surface area contributed by atoms with Crippen molar-refractivity contribution in [2.75, 3.05) is 0 Å². The zero-order chi connectivity index (χ0) is 50.1. The van der Waals surface area contributed by atoms with Crippen molar-refractivity contribution in [3.8, 4) is 35.2 Å². The molecule has 4 atom stereocenters. The van der Waals surface area contributed by atoms with Crippen LogP contribution < -0.4 is 29.5 Å². The van der Waals surface area contributed by atoms with Crippen LogP contribution in [-0.4, -0.2) is 55.0 Å². The van der Waals surface area contributed by atoms with Gasteiger partial charge in [0.25, 0.3) is 0 Å². The lowest BCUT2D eigenvalue weighted by molar-refractivity contribution is -0.934. The lowest BCUT2D eigenvalue weighted by Gasteiger charge is -2.13. The van der Waals surface area contributed by atoms with Crippen LogP contribution in [0.25, 0.3) is 0 Å². The van der Waals surface area contributed by atoms with Crippen LogP contribution in [0.5, 0.6) is 11.5 Å². The maximum absolute atomic E-state index is 11.1. The number of hydrogen-bond acceptors (Lipinski definition) is 12. The molecule has 16 nitrogen and oxygen atoms in total. The molecule has 0 radical (unpaired) electrons. The van der Waals surface area contributed by atoms with E-state index in [1.165, 1.54) is 32.1 Å². The van der Waals surface area contributed by atoms with Crippen molar-refractivity contribution in [2.24, 2.45) is 0 Å². The molecule has 0 bridgehead atoms. The lowest BCUT2D eigenvalue weighted by Crippen LogP contribution is -3.06. The zero-order valence-corrected chi connectivity index (χ0v) is 38.9. The summed E-state index contributed by atoms with van der Waals surface area (Å²) < 4.78 is 11.9. The van der Waals surface area contributed by atoms with Gasteiger partial charge in [0.1, 0.15) is 88.0 Å². The van der Waals surface area contributed by atoms with Gasteiger partial charge in [-0.3, -0.25) is 9.59 Å². The second-order valence-corrected chi connectivity index (χ2v) is 16.2. The minimum absolute atomic E-state index is 0.00943. The van der Waals surface area contributed by atoms with E-state index in [-0.39, 0.29) is 24.7 Å². The van der Waals surface area contributed by atoms with Crippen molar-refractivity contribution in [1.29, 1.82) is 0 Å². The average Bonchev–Trinajstić information content (AvgIpc) is 3.97. The molecule has 70 heavy (non-hydrogen) atoms. The molecule has 16 heteroatoms. The highest BCUT2D eigenvalue weighted by Gasteiger charge is 2.25. The molecule has 2 aromatic heterocycles. The number of hydrogen-bond donors (Lipinski definition) is 4. The number of carboxylic acids is 2. The van der Waals surface area contributed by atoms with Crippen LogP contribution in [0, 0.1) is 23.7 Å². The quantitative estimate of drug-likeness (QED) is 0.0806. The summed E-state index contributed by atoms with van der Waals surface area (Å²) in [5.74, 6) is 10.7. The van der Waals surface area contributed by atoms with Crippen LogP contribution in [0.15, 0.2) is 122 Å². The molecule has 4 N–H and O–H groups in total. The van der Waals surface area contributed by atoms with Crippen LogP contribution in [0.4, 0.5) is 0 Å². The number of carboxylic acid groups (broad SMARTS) is 4. The maximum Gasteiger partial charge on any atom is 0.304 e. The number of rotatable bonds is 16. The van der Waals surface area contributed by atoms with Crippen LogP contribution in [-0.2, 0) is 71.7 Å². The minimum Gasteiger partial charge on any atom is -0.554 e. The van der Waals surface area contributed by atoms with E-state index in [0.717, 1.165) is 84.4 Å². The molecule has 6 aromatic rings. The second kappa shape index (κ2) is 28.0. The first-order valence-electron chi connectivity index (χ1n) is 22.3. The van der Waals surface area contributed by atoms with Gasteiger partial charge in [0, 0.05) is 36.5 Å². The summed E-state index contributed by atoms with van der Waals surface area (Å²) in [5, 5.41) is 34.7. The summed E-state index contributed by atoms with van der Waals surface area (Å²) in [6, 6.07) is 32.0. The number of quaternary nitrogens is 2. The highest BCUT2D eigenvalue weighted by molar-refractivity contribution is 5.69. The van der Waals surface area contributed by atoms with E-state index in [0.29, 0.717) is 13.2 Å². The summed E-state index contributed by atoms with van der Waals surface area (Å²) >= 11 is 0. The number of aromatic nitrogens is 4. The van der Waals surface area contributed by atoms with Crippen molar-refractivity contribution >= 4 is 24.9 Å². The number of aliphatic carboxylic acids is 2. The van der Waals surface area contributed by atoms with E-state index in [1.807, 2.05) is 60.9 Å². The average molecular weight is 947 g/mol. The first kappa shape index (κ1) is 52.5. The fraction of sp³-hybridized carbons (Fsp3) is 0.259. The molecule has 360 valence electrons. The number of carbonyl (C=O) groups excluding carboxylic acids is 2. The first-order chi connectivity index (χ1) is 34.0. The SMILES string of the molecule is CC#C[C@@H](CC(=O)O)c1ccc(OCc2cccc(C[NH+]3Cc4cncnc4C3)c2)cc1.CC#C[C@@H](CC(=O)O)c1ccc(OCc2cccc(C[NH+]3Cc4cncnc4C3)c2)cc1.O=C[O-].O=C[O-]. The monoisotopic (exact) mass is 946 g/mol. The van der Waals surface area contributed by atoms with Crippen molar-refractivity contribution in [2.45, 2.75) is 91.0 Å². The van der Waals surface area contributed by atoms with Crippen molar-refractivity contribution in [3.63, 3.8) is 0 Å². The van der Waals surface area contributed by atoms with Gasteiger partial charge in [-0.05, 0) is 72.5 Å². The fourth-order valence-corrected chi connectivity index (χ4v) is 8.13. The Balaban J connectivity index is 0.000000235. The number of nitrogens with one attached hydrogen (secondary N) is 2. The lowest BCUT2D eigenvalue weighted by atomic mass is 9.96. The molecule has 2 aliphatic heterocycles. The van der Waals surface area contributed by atoms with Gasteiger partial charge in [-0.2, -0.15) is 0 Å². The Hall–Kier alpha value is -8.44. The van der Waals surface area contributed by atoms with E-state index >= 15 is 0 Å². The maximum atomic E-state index is 11.1. The van der Waals surface area contributed by atoms with E-state index < -0.39 is 24.9 Å². The van der Waals surface area contributed by atoms with Crippen molar-refractivity contribution < 1.29 is 58.9 Å². The second-order valence-electron chi connectivity index (χ2n) is 16.2. The Morgan fingerprint density at radius 2 is 0.986 bits per heavy atom.